The zero-order valence-electron chi connectivity index (χ0n) is 14.4. The Hall–Kier alpha value is -2.73. The van der Waals surface area contributed by atoms with E-state index < -0.39 is 0 Å². The number of halogens is 1. The summed E-state index contributed by atoms with van der Waals surface area (Å²) >= 11 is 0. The number of benzene rings is 1. The minimum atomic E-state index is -0.147. The van der Waals surface area contributed by atoms with Crippen molar-refractivity contribution in [2.24, 2.45) is 0 Å². The molecule has 0 amide bonds. The first-order valence-electron chi connectivity index (χ1n) is 7.38. The van der Waals surface area contributed by atoms with E-state index in [-0.39, 0.29) is 18.2 Å². The highest BCUT2D eigenvalue weighted by atomic mass is 35.5. The highest BCUT2D eigenvalue weighted by Gasteiger charge is 2.20. The quantitative estimate of drug-likeness (QED) is 0.702. The van der Waals surface area contributed by atoms with Gasteiger partial charge in [0.15, 0.2) is 17.3 Å². The molecule has 0 spiro atoms. The van der Waals surface area contributed by atoms with Gasteiger partial charge in [0.05, 0.1) is 21.3 Å². The van der Waals surface area contributed by atoms with Gasteiger partial charge in [0.25, 0.3) is 0 Å². The molecule has 2 aromatic heterocycles. The van der Waals surface area contributed by atoms with Crippen LogP contribution in [0.4, 0.5) is 0 Å². The Morgan fingerprint density at radius 2 is 1.68 bits per heavy atom. The van der Waals surface area contributed by atoms with Gasteiger partial charge in [-0.3, -0.25) is 4.79 Å². The molecular weight excluding hydrogens is 344 g/mol. The Morgan fingerprint density at radius 3 is 2.24 bits per heavy atom. The summed E-state index contributed by atoms with van der Waals surface area (Å²) in [7, 11) is 4.56. The molecule has 2 heterocycles. The molecular formula is C18H19ClN2O4. The lowest BCUT2D eigenvalue weighted by Gasteiger charge is -2.13. The molecule has 0 saturated carbocycles. The molecule has 3 rings (SSSR count). The van der Waals surface area contributed by atoms with E-state index in [4.69, 9.17) is 14.2 Å². The lowest BCUT2D eigenvalue weighted by molar-refractivity contribution is 0.103. The van der Waals surface area contributed by atoms with Crippen LogP contribution < -0.4 is 14.2 Å². The molecule has 0 atom stereocenters. The summed E-state index contributed by atoms with van der Waals surface area (Å²) in [5.41, 5.74) is 2.57. The zero-order valence-corrected chi connectivity index (χ0v) is 15.2. The van der Waals surface area contributed by atoms with Gasteiger partial charge in [0.1, 0.15) is 5.65 Å². The molecule has 0 saturated heterocycles. The molecule has 0 unspecified atom stereocenters. The number of aromatic nitrogens is 2. The Morgan fingerprint density at radius 1 is 1.04 bits per heavy atom. The van der Waals surface area contributed by atoms with Crippen molar-refractivity contribution in [3.8, 4) is 17.2 Å². The predicted octanol–water partition coefficient (Wildman–Crippen LogP) is 3.55. The van der Waals surface area contributed by atoms with Crippen molar-refractivity contribution in [2.75, 3.05) is 21.3 Å². The van der Waals surface area contributed by atoms with Crippen molar-refractivity contribution in [3.05, 3.63) is 47.3 Å². The first-order chi connectivity index (χ1) is 11.6. The number of ether oxygens (including phenoxy) is 3. The van der Waals surface area contributed by atoms with Crippen LogP contribution in [-0.2, 0) is 0 Å². The van der Waals surface area contributed by atoms with Crippen molar-refractivity contribution in [1.82, 2.24) is 9.97 Å². The number of aromatic amines is 1. The third-order valence-electron chi connectivity index (χ3n) is 3.85. The molecule has 132 valence electrons. The van der Waals surface area contributed by atoms with Crippen LogP contribution >= 0.6 is 12.4 Å². The number of hydrogen-bond acceptors (Lipinski definition) is 5. The van der Waals surface area contributed by atoms with Crippen LogP contribution in [0.1, 0.15) is 21.6 Å². The maximum Gasteiger partial charge on any atom is 0.203 e. The number of nitrogens with one attached hydrogen (secondary N) is 1. The standard InChI is InChI=1S/C18H18N2O4.ClH/c1-10-5-6-12-13(9-19-18(12)20-10)16(21)11-7-14(22-2)17(24-4)15(8-11)23-3;/h5-9H,1-4H3,(H,19,20);1H. The molecule has 25 heavy (non-hydrogen) atoms. The Labute approximate surface area is 151 Å². The van der Waals surface area contributed by atoms with Crippen LogP contribution in [0, 0.1) is 6.92 Å². The second-order valence-corrected chi connectivity index (χ2v) is 5.29. The third kappa shape index (κ3) is 3.25. The maximum absolute atomic E-state index is 12.9. The van der Waals surface area contributed by atoms with E-state index in [9.17, 15) is 4.79 Å². The Bertz CT molecular complexity index is 896. The van der Waals surface area contributed by atoms with Crippen molar-refractivity contribution in [2.45, 2.75) is 6.92 Å². The number of nitrogens with zero attached hydrogens (tertiary/aromatic N) is 1. The maximum atomic E-state index is 12.9. The largest absolute Gasteiger partial charge is 0.493 e. The van der Waals surface area contributed by atoms with E-state index in [2.05, 4.69) is 9.97 Å². The van der Waals surface area contributed by atoms with Crippen molar-refractivity contribution >= 4 is 29.2 Å². The predicted molar refractivity (Wildman–Crippen MR) is 97.6 cm³/mol. The topological polar surface area (TPSA) is 73.4 Å². The number of carbonyl (C=O) groups is 1. The average Bonchev–Trinajstić information content (AvgIpc) is 3.02. The van der Waals surface area contributed by atoms with Crippen LogP contribution in [0.15, 0.2) is 30.5 Å². The number of hydrogen-bond donors (Lipinski definition) is 1. The van der Waals surface area contributed by atoms with Crippen LogP contribution in [0.25, 0.3) is 11.0 Å². The molecule has 0 fully saturated rings. The smallest absolute Gasteiger partial charge is 0.203 e. The van der Waals surface area contributed by atoms with Crippen LogP contribution in [-0.4, -0.2) is 37.1 Å². The molecule has 1 N–H and O–H groups in total. The number of methoxy groups -OCH3 is 3. The number of H-pyrrole nitrogens is 1. The molecule has 7 heteroatoms. The van der Waals surface area contributed by atoms with E-state index in [1.165, 1.54) is 21.3 Å². The van der Waals surface area contributed by atoms with Gasteiger partial charge >= 0.3 is 0 Å². The van der Waals surface area contributed by atoms with Gasteiger partial charge in [-0.2, -0.15) is 0 Å². The summed E-state index contributed by atoms with van der Waals surface area (Å²) in [6.45, 7) is 1.90. The van der Waals surface area contributed by atoms with Crippen LogP contribution in [0.5, 0.6) is 17.2 Å². The lowest BCUT2D eigenvalue weighted by Crippen LogP contribution is -2.03. The fraction of sp³-hybridized carbons (Fsp3) is 0.222. The van der Waals surface area contributed by atoms with Crippen LogP contribution in [0.2, 0.25) is 0 Å². The highest BCUT2D eigenvalue weighted by molar-refractivity contribution is 6.16. The minimum Gasteiger partial charge on any atom is -0.493 e. The number of rotatable bonds is 5. The van der Waals surface area contributed by atoms with Gasteiger partial charge in [0, 0.05) is 28.4 Å². The molecule has 0 bridgehead atoms. The second-order valence-electron chi connectivity index (χ2n) is 5.29. The average molecular weight is 363 g/mol. The van der Waals surface area contributed by atoms with E-state index in [0.29, 0.717) is 34.0 Å². The van der Waals surface area contributed by atoms with Crippen molar-refractivity contribution in [3.63, 3.8) is 0 Å². The lowest BCUT2D eigenvalue weighted by atomic mass is 10.0. The molecule has 1 aromatic carbocycles. The summed E-state index contributed by atoms with van der Waals surface area (Å²) in [5.74, 6) is 1.18. The SMILES string of the molecule is COc1cc(C(=O)c2c[nH]c3nc(C)ccc23)cc(OC)c1OC.Cl. The summed E-state index contributed by atoms with van der Waals surface area (Å²) in [6, 6.07) is 7.05. The van der Waals surface area contributed by atoms with Gasteiger partial charge in [-0.05, 0) is 31.2 Å². The summed E-state index contributed by atoms with van der Waals surface area (Å²) < 4.78 is 15.9. The number of pyridine rings is 1. The fourth-order valence-corrected chi connectivity index (χ4v) is 2.66. The Balaban J connectivity index is 0.00000225. The first kappa shape index (κ1) is 18.6. The Kier molecular flexibility index (Phi) is 5.54. The zero-order chi connectivity index (χ0) is 17.3. The van der Waals surface area contributed by atoms with E-state index in [1.54, 1.807) is 18.3 Å². The number of aryl methyl sites for hydroxylation is 1. The molecule has 0 radical (unpaired) electrons. The normalized spacial score (nSPS) is 10.2. The molecule has 3 aromatic rings. The van der Waals surface area contributed by atoms with Crippen molar-refractivity contribution < 1.29 is 19.0 Å². The molecule has 0 aliphatic heterocycles. The number of ketones is 1. The number of carbonyl (C=O) groups excluding carboxylic acids is 1. The third-order valence-corrected chi connectivity index (χ3v) is 3.85. The van der Waals surface area contributed by atoms with E-state index >= 15 is 0 Å². The molecule has 0 aliphatic rings. The summed E-state index contributed by atoms with van der Waals surface area (Å²) in [4.78, 5) is 20.4. The number of fused-ring (bicyclic) bond motifs is 1. The van der Waals surface area contributed by atoms with Gasteiger partial charge in [-0.1, -0.05) is 0 Å². The van der Waals surface area contributed by atoms with Gasteiger partial charge in [-0.25, -0.2) is 4.98 Å². The highest BCUT2D eigenvalue weighted by Crippen LogP contribution is 2.39. The first-order valence-corrected chi connectivity index (χ1v) is 7.38. The summed E-state index contributed by atoms with van der Waals surface area (Å²) in [6.07, 6.45) is 1.67. The van der Waals surface area contributed by atoms with E-state index in [0.717, 1.165) is 11.1 Å². The van der Waals surface area contributed by atoms with E-state index in [1.807, 2.05) is 19.1 Å². The molecule has 0 aliphatic carbocycles. The monoisotopic (exact) mass is 362 g/mol. The van der Waals surface area contributed by atoms with Crippen molar-refractivity contribution in [1.29, 1.82) is 0 Å². The van der Waals surface area contributed by atoms with Gasteiger partial charge in [0.2, 0.25) is 5.75 Å². The molecule has 6 nitrogen and oxygen atoms in total. The van der Waals surface area contributed by atoms with Crippen LogP contribution in [0.3, 0.4) is 0 Å². The summed E-state index contributed by atoms with van der Waals surface area (Å²) in [5, 5.41) is 0.777. The second kappa shape index (κ2) is 7.44. The fourth-order valence-electron chi connectivity index (χ4n) is 2.66. The van der Waals surface area contributed by atoms with Gasteiger partial charge < -0.3 is 19.2 Å². The van der Waals surface area contributed by atoms with Gasteiger partial charge in [-0.15, -0.1) is 12.4 Å². The minimum absolute atomic E-state index is 0.